The molecule has 3 nitrogen and oxygen atoms in total. The predicted molar refractivity (Wildman–Crippen MR) is 101 cm³/mol. The number of amides is 1. The van der Waals surface area contributed by atoms with Crippen LogP contribution in [-0.4, -0.2) is 12.1 Å². The van der Waals surface area contributed by atoms with Gasteiger partial charge in [-0.15, -0.1) is 11.3 Å². The number of aryl methyl sites for hydroxylation is 2. The van der Waals surface area contributed by atoms with Crippen LogP contribution in [0.3, 0.4) is 0 Å². The number of carbonyl (C=O) groups is 1. The molecule has 0 saturated carbocycles. The molecule has 4 heteroatoms. The van der Waals surface area contributed by atoms with Gasteiger partial charge >= 0.3 is 0 Å². The standard InChI is InChI=1S/C20H24N2OS/c1-3-14-5-7-16(8-6-14)13-21-22-20(23)19-12-17-11-15(4-2)9-10-18(17)24-19/h5-8,12-13,15H,3-4,9-11H2,1-2H3,(H,22,23)/b21-13-/t15-/m0/s1. The summed E-state index contributed by atoms with van der Waals surface area (Å²) in [5.41, 5.74) is 6.30. The van der Waals surface area contributed by atoms with E-state index in [4.69, 9.17) is 0 Å². The summed E-state index contributed by atoms with van der Waals surface area (Å²) in [6, 6.07) is 10.3. The maximum atomic E-state index is 12.3. The molecule has 0 unspecified atom stereocenters. The highest BCUT2D eigenvalue weighted by molar-refractivity contribution is 7.14. The highest BCUT2D eigenvalue weighted by atomic mass is 32.1. The van der Waals surface area contributed by atoms with E-state index in [1.54, 1.807) is 17.6 Å². The molecule has 1 N–H and O–H groups in total. The quantitative estimate of drug-likeness (QED) is 0.628. The van der Waals surface area contributed by atoms with Crippen molar-refractivity contribution in [3.05, 3.63) is 56.8 Å². The molecule has 0 spiro atoms. The number of nitrogens with zero attached hydrogens (tertiary/aromatic N) is 1. The van der Waals surface area contributed by atoms with E-state index in [9.17, 15) is 4.79 Å². The molecular weight excluding hydrogens is 316 g/mol. The van der Waals surface area contributed by atoms with Gasteiger partial charge in [-0.05, 0) is 54.4 Å². The van der Waals surface area contributed by atoms with Gasteiger partial charge in [0.25, 0.3) is 5.91 Å². The van der Waals surface area contributed by atoms with Gasteiger partial charge in [0.2, 0.25) is 0 Å². The van der Waals surface area contributed by atoms with Crippen molar-refractivity contribution in [2.75, 3.05) is 0 Å². The second-order valence-electron chi connectivity index (χ2n) is 6.37. The first-order valence-electron chi connectivity index (χ1n) is 8.73. The molecule has 24 heavy (non-hydrogen) atoms. The van der Waals surface area contributed by atoms with E-state index in [2.05, 4.69) is 42.6 Å². The number of hydrazone groups is 1. The molecule has 2 aromatic rings. The molecule has 1 aromatic heterocycles. The molecular formula is C20H24N2OS. The highest BCUT2D eigenvalue weighted by Crippen LogP contribution is 2.33. The number of rotatable bonds is 5. The van der Waals surface area contributed by atoms with Gasteiger partial charge in [-0.3, -0.25) is 4.79 Å². The van der Waals surface area contributed by atoms with Crippen LogP contribution in [-0.2, 0) is 19.3 Å². The summed E-state index contributed by atoms with van der Waals surface area (Å²) in [6.45, 7) is 4.38. The Kier molecular flexibility index (Phi) is 5.46. The summed E-state index contributed by atoms with van der Waals surface area (Å²) in [6.07, 6.45) is 7.41. The fourth-order valence-electron chi connectivity index (χ4n) is 3.12. The van der Waals surface area contributed by atoms with Crippen molar-refractivity contribution >= 4 is 23.5 Å². The van der Waals surface area contributed by atoms with Gasteiger partial charge in [-0.25, -0.2) is 5.43 Å². The Morgan fingerprint density at radius 1 is 1.33 bits per heavy atom. The topological polar surface area (TPSA) is 41.5 Å². The Morgan fingerprint density at radius 2 is 2.12 bits per heavy atom. The molecule has 1 heterocycles. The highest BCUT2D eigenvalue weighted by Gasteiger charge is 2.21. The fourth-order valence-corrected chi connectivity index (χ4v) is 4.22. The Hall–Kier alpha value is -1.94. The summed E-state index contributed by atoms with van der Waals surface area (Å²) in [5, 5.41) is 4.09. The molecule has 0 aliphatic heterocycles. The van der Waals surface area contributed by atoms with Crippen LogP contribution in [0.4, 0.5) is 0 Å². The summed E-state index contributed by atoms with van der Waals surface area (Å²) in [5.74, 6) is 0.663. The molecule has 0 saturated heterocycles. The maximum absolute atomic E-state index is 12.3. The van der Waals surface area contributed by atoms with E-state index in [0.29, 0.717) is 0 Å². The van der Waals surface area contributed by atoms with Gasteiger partial charge in [0.15, 0.2) is 0 Å². The Labute approximate surface area is 147 Å². The van der Waals surface area contributed by atoms with Gasteiger partial charge in [-0.1, -0.05) is 44.5 Å². The van der Waals surface area contributed by atoms with E-state index in [1.807, 2.05) is 12.1 Å². The maximum Gasteiger partial charge on any atom is 0.281 e. The van der Waals surface area contributed by atoms with Gasteiger partial charge in [0, 0.05) is 4.88 Å². The van der Waals surface area contributed by atoms with Crippen molar-refractivity contribution in [3.8, 4) is 0 Å². The summed E-state index contributed by atoms with van der Waals surface area (Å²) in [7, 11) is 0. The molecule has 0 radical (unpaired) electrons. The minimum absolute atomic E-state index is 0.108. The van der Waals surface area contributed by atoms with E-state index >= 15 is 0 Å². The second kappa shape index (κ2) is 7.75. The zero-order valence-electron chi connectivity index (χ0n) is 14.3. The predicted octanol–water partition coefficient (Wildman–Crippen LogP) is 4.59. The van der Waals surface area contributed by atoms with Crippen molar-refractivity contribution in [3.63, 3.8) is 0 Å². The molecule has 126 valence electrons. The number of benzene rings is 1. The van der Waals surface area contributed by atoms with Crippen LogP contribution in [0, 0.1) is 5.92 Å². The number of hydrogen-bond acceptors (Lipinski definition) is 3. The van der Waals surface area contributed by atoms with Crippen LogP contribution in [0.15, 0.2) is 35.4 Å². The average molecular weight is 340 g/mol. The van der Waals surface area contributed by atoms with E-state index in [-0.39, 0.29) is 5.91 Å². The summed E-state index contributed by atoms with van der Waals surface area (Å²) < 4.78 is 0. The van der Waals surface area contributed by atoms with Crippen LogP contribution in [0.1, 0.15) is 57.9 Å². The third-order valence-electron chi connectivity index (χ3n) is 4.75. The van der Waals surface area contributed by atoms with Gasteiger partial charge in [-0.2, -0.15) is 5.10 Å². The van der Waals surface area contributed by atoms with Crippen LogP contribution in [0.25, 0.3) is 0 Å². The lowest BCUT2D eigenvalue weighted by molar-refractivity contribution is 0.0959. The lowest BCUT2D eigenvalue weighted by Gasteiger charge is -2.19. The first kappa shape index (κ1) is 16.9. The second-order valence-corrected chi connectivity index (χ2v) is 7.51. The number of nitrogens with one attached hydrogen (secondary N) is 1. The third kappa shape index (κ3) is 3.93. The monoisotopic (exact) mass is 340 g/mol. The van der Waals surface area contributed by atoms with Crippen LogP contribution in [0.2, 0.25) is 0 Å². The molecule has 1 aliphatic rings. The van der Waals surface area contributed by atoms with E-state index in [0.717, 1.165) is 35.6 Å². The van der Waals surface area contributed by atoms with E-state index in [1.165, 1.54) is 28.8 Å². The van der Waals surface area contributed by atoms with Gasteiger partial charge in [0.05, 0.1) is 11.1 Å². The molecule has 1 aromatic carbocycles. The first-order chi connectivity index (χ1) is 11.7. The van der Waals surface area contributed by atoms with Crippen LogP contribution >= 0.6 is 11.3 Å². The number of fused-ring (bicyclic) bond motifs is 1. The number of hydrogen-bond donors (Lipinski definition) is 1. The van der Waals surface area contributed by atoms with Crippen LogP contribution < -0.4 is 5.43 Å². The van der Waals surface area contributed by atoms with E-state index < -0.39 is 0 Å². The average Bonchev–Trinajstić information content (AvgIpc) is 3.05. The van der Waals surface area contributed by atoms with Crippen molar-refractivity contribution in [1.82, 2.24) is 5.43 Å². The minimum atomic E-state index is -0.108. The largest absolute Gasteiger partial charge is 0.281 e. The summed E-state index contributed by atoms with van der Waals surface area (Å²) in [4.78, 5) is 14.4. The molecule has 1 atom stereocenters. The lowest BCUT2D eigenvalue weighted by Crippen LogP contribution is -2.16. The fraction of sp³-hybridized carbons (Fsp3) is 0.400. The molecule has 0 bridgehead atoms. The zero-order valence-corrected chi connectivity index (χ0v) is 15.2. The minimum Gasteiger partial charge on any atom is -0.266 e. The third-order valence-corrected chi connectivity index (χ3v) is 5.99. The summed E-state index contributed by atoms with van der Waals surface area (Å²) >= 11 is 1.62. The van der Waals surface area contributed by atoms with Crippen LogP contribution in [0.5, 0.6) is 0 Å². The van der Waals surface area contributed by atoms with Crippen molar-refractivity contribution < 1.29 is 4.79 Å². The smallest absolute Gasteiger partial charge is 0.266 e. The van der Waals surface area contributed by atoms with Gasteiger partial charge < -0.3 is 0 Å². The van der Waals surface area contributed by atoms with Crippen molar-refractivity contribution in [2.45, 2.75) is 46.0 Å². The van der Waals surface area contributed by atoms with Gasteiger partial charge in [0.1, 0.15) is 0 Å². The Balaban J connectivity index is 1.61. The number of thiophene rings is 1. The normalized spacial score (nSPS) is 17.0. The molecule has 3 rings (SSSR count). The molecule has 0 fully saturated rings. The number of carbonyl (C=O) groups excluding carboxylic acids is 1. The SMILES string of the molecule is CCc1ccc(/C=N\NC(=O)c2cc3c(s2)CC[C@H](CC)C3)cc1. The Bertz CT molecular complexity index is 731. The molecule has 1 amide bonds. The lowest BCUT2D eigenvalue weighted by atomic mass is 9.87. The van der Waals surface area contributed by atoms with Crippen molar-refractivity contribution in [2.24, 2.45) is 11.0 Å². The zero-order chi connectivity index (χ0) is 16.9. The molecule has 1 aliphatic carbocycles. The first-order valence-corrected chi connectivity index (χ1v) is 9.55. The Morgan fingerprint density at radius 3 is 2.83 bits per heavy atom. The van der Waals surface area contributed by atoms with Crippen molar-refractivity contribution in [1.29, 1.82) is 0 Å².